The highest BCUT2D eigenvalue weighted by Crippen LogP contribution is 2.34. The van der Waals surface area contributed by atoms with Gasteiger partial charge in [-0.1, -0.05) is 11.6 Å². The third-order valence-corrected chi connectivity index (χ3v) is 2.50. The first kappa shape index (κ1) is 13.7. The van der Waals surface area contributed by atoms with E-state index in [2.05, 4.69) is 0 Å². The number of aliphatic carboxylic acids is 1. The Hall–Kier alpha value is -1.40. The highest BCUT2D eigenvalue weighted by molar-refractivity contribution is 6.30. The van der Waals surface area contributed by atoms with Crippen LogP contribution in [-0.4, -0.2) is 16.2 Å². The summed E-state index contributed by atoms with van der Waals surface area (Å²) in [6.07, 6.45) is -0.465. The fourth-order valence-corrected chi connectivity index (χ4v) is 1.56. The van der Waals surface area contributed by atoms with Crippen LogP contribution in [0.3, 0.4) is 0 Å². The predicted molar refractivity (Wildman–Crippen MR) is 56.8 cm³/mol. The van der Waals surface area contributed by atoms with E-state index in [9.17, 15) is 18.7 Å². The van der Waals surface area contributed by atoms with E-state index in [4.69, 9.17) is 22.4 Å². The maximum Gasteiger partial charge on any atom is 0.303 e. The molecule has 0 radical (unpaired) electrons. The van der Waals surface area contributed by atoms with Crippen LogP contribution in [0.15, 0.2) is 6.07 Å². The molecule has 0 aliphatic rings. The number of halogens is 3. The van der Waals surface area contributed by atoms with E-state index < -0.39 is 40.0 Å². The zero-order valence-electron chi connectivity index (χ0n) is 8.58. The minimum atomic E-state index is -1.14. The largest absolute Gasteiger partial charge is 0.505 e. The van der Waals surface area contributed by atoms with E-state index in [-0.39, 0.29) is 12.8 Å². The summed E-state index contributed by atoms with van der Waals surface area (Å²) in [5.41, 5.74) is 4.99. The van der Waals surface area contributed by atoms with Gasteiger partial charge >= 0.3 is 5.97 Å². The lowest BCUT2D eigenvalue weighted by molar-refractivity contribution is -0.137. The van der Waals surface area contributed by atoms with Crippen molar-refractivity contribution in [1.29, 1.82) is 0 Å². The molecule has 0 aliphatic heterocycles. The molecule has 0 aliphatic carbocycles. The molecular formula is C10H10ClF2NO3. The SMILES string of the molecule is NC(CCC(=O)O)c1c(O)c(F)cc(Cl)c1F. The minimum Gasteiger partial charge on any atom is -0.505 e. The van der Waals surface area contributed by atoms with E-state index in [1.54, 1.807) is 0 Å². The standard InChI is InChI=1S/C10H10ClF2NO3/c11-4-3-5(12)10(17)8(9(4)13)6(14)1-2-7(15)16/h3,6,17H,1-2,14H2,(H,15,16). The second-order valence-corrected chi connectivity index (χ2v) is 3.86. The molecule has 1 rings (SSSR count). The van der Waals surface area contributed by atoms with Crippen molar-refractivity contribution >= 4 is 17.6 Å². The van der Waals surface area contributed by atoms with Crippen molar-refractivity contribution in [2.45, 2.75) is 18.9 Å². The summed E-state index contributed by atoms with van der Waals surface area (Å²) in [5.74, 6) is -4.20. The van der Waals surface area contributed by atoms with Crippen LogP contribution < -0.4 is 5.73 Å². The predicted octanol–water partition coefficient (Wildman–Crippen LogP) is 2.19. The monoisotopic (exact) mass is 265 g/mol. The quantitative estimate of drug-likeness (QED) is 0.729. The highest BCUT2D eigenvalue weighted by atomic mass is 35.5. The molecule has 1 unspecified atom stereocenters. The average Bonchev–Trinajstić information content (AvgIpc) is 2.24. The van der Waals surface area contributed by atoms with Crippen LogP contribution in [0.25, 0.3) is 0 Å². The Morgan fingerprint density at radius 2 is 2.12 bits per heavy atom. The molecular weight excluding hydrogens is 256 g/mol. The number of nitrogens with two attached hydrogens (primary N) is 1. The Balaban J connectivity index is 3.07. The molecule has 7 heteroatoms. The van der Waals surface area contributed by atoms with Crippen molar-refractivity contribution in [2.24, 2.45) is 5.73 Å². The smallest absolute Gasteiger partial charge is 0.303 e. The number of hydrogen-bond donors (Lipinski definition) is 3. The second kappa shape index (κ2) is 5.29. The Labute approximate surface area is 101 Å². The van der Waals surface area contributed by atoms with Gasteiger partial charge in [-0.15, -0.1) is 0 Å². The van der Waals surface area contributed by atoms with Crippen molar-refractivity contribution < 1.29 is 23.8 Å². The van der Waals surface area contributed by atoms with Crippen molar-refractivity contribution in [1.82, 2.24) is 0 Å². The van der Waals surface area contributed by atoms with Crippen LogP contribution in [0.5, 0.6) is 5.75 Å². The summed E-state index contributed by atoms with van der Waals surface area (Å²) < 4.78 is 26.6. The molecule has 0 heterocycles. The first-order valence-electron chi connectivity index (χ1n) is 4.68. The van der Waals surface area contributed by atoms with Crippen LogP contribution in [0.1, 0.15) is 24.4 Å². The summed E-state index contributed by atoms with van der Waals surface area (Å²) in [7, 11) is 0. The molecule has 0 spiro atoms. The number of carboxylic acids is 1. The number of benzene rings is 1. The van der Waals surface area contributed by atoms with Gasteiger partial charge in [-0.25, -0.2) is 8.78 Å². The molecule has 0 saturated heterocycles. The fourth-order valence-electron chi connectivity index (χ4n) is 1.37. The topological polar surface area (TPSA) is 83.6 Å². The van der Waals surface area contributed by atoms with Crippen LogP contribution in [0.4, 0.5) is 8.78 Å². The fraction of sp³-hybridized carbons (Fsp3) is 0.300. The molecule has 0 amide bonds. The lowest BCUT2D eigenvalue weighted by Crippen LogP contribution is -2.15. The van der Waals surface area contributed by atoms with E-state index in [1.165, 1.54) is 0 Å². The summed E-state index contributed by atoms with van der Waals surface area (Å²) in [6, 6.07) is -0.515. The van der Waals surface area contributed by atoms with Crippen LogP contribution in [0, 0.1) is 11.6 Å². The van der Waals surface area contributed by atoms with Crippen molar-refractivity contribution in [3.8, 4) is 5.75 Å². The van der Waals surface area contributed by atoms with E-state index in [0.29, 0.717) is 6.07 Å². The third kappa shape index (κ3) is 3.04. The average molecular weight is 266 g/mol. The molecule has 17 heavy (non-hydrogen) atoms. The van der Waals surface area contributed by atoms with Gasteiger partial charge in [0.25, 0.3) is 0 Å². The second-order valence-electron chi connectivity index (χ2n) is 3.46. The maximum atomic E-state index is 13.5. The number of carbonyl (C=O) groups is 1. The van der Waals surface area contributed by atoms with Gasteiger partial charge in [0, 0.05) is 12.5 Å². The van der Waals surface area contributed by atoms with Crippen LogP contribution in [0.2, 0.25) is 5.02 Å². The molecule has 0 fully saturated rings. The summed E-state index contributed by atoms with van der Waals surface area (Å²) in [6.45, 7) is 0. The number of aromatic hydroxyl groups is 1. The van der Waals surface area contributed by atoms with Gasteiger partial charge in [0.05, 0.1) is 10.6 Å². The van der Waals surface area contributed by atoms with Crippen molar-refractivity contribution in [3.63, 3.8) is 0 Å². The molecule has 94 valence electrons. The van der Waals surface area contributed by atoms with Gasteiger partial charge in [0.2, 0.25) is 0 Å². The molecule has 0 aromatic heterocycles. The van der Waals surface area contributed by atoms with Gasteiger partial charge in [0.1, 0.15) is 5.82 Å². The summed E-state index contributed by atoms with van der Waals surface area (Å²) in [4.78, 5) is 10.3. The Kier molecular flexibility index (Phi) is 4.25. The molecule has 4 nitrogen and oxygen atoms in total. The number of phenolic OH excluding ortho intramolecular Hbond substituents is 1. The molecule has 1 aromatic carbocycles. The number of phenols is 1. The van der Waals surface area contributed by atoms with Gasteiger partial charge in [-0.2, -0.15) is 0 Å². The van der Waals surface area contributed by atoms with Crippen molar-refractivity contribution in [3.05, 3.63) is 28.3 Å². The Morgan fingerprint density at radius 3 is 2.65 bits per heavy atom. The van der Waals surface area contributed by atoms with Crippen LogP contribution >= 0.6 is 11.6 Å². The number of rotatable bonds is 4. The summed E-state index contributed by atoms with van der Waals surface area (Å²) in [5, 5.41) is 17.3. The van der Waals surface area contributed by atoms with E-state index >= 15 is 0 Å². The normalized spacial score (nSPS) is 12.5. The Bertz CT molecular complexity index is 427. The molecule has 0 saturated carbocycles. The van der Waals surface area contributed by atoms with Gasteiger partial charge in [0.15, 0.2) is 11.6 Å². The van der Waals surface area contributed by atoms with E-state index in [0.717, 1.165) is 0 Å². The lowest BCUT2D eigenvalue weighted by atomic mass is 10.0. The third-order valence-electron chi connectivity index (χ3n) is 2.22. The molecule has 1 atom stereocenters. The first-order valence-corrected chi connectivity index (χ1v) is 5.06. The highest BCUT2D eigenvalue weighted by Gasteiger charge is 2.22. The maximum absolute atomic E-state index is 13.5. The first-order chi connectivity index (χ1) is 7.84. The summed E-state index contributed by atoms with van der Waals surface area (Å²) >= 11 is 5.40. The Morgan fingerprint density at radius 1 is 1.53 bits per heavy atom. The molecule has 1 aromatic rings. The van der Waals surface area contributed by atoms with Gasteiger partial charge in [-0.05, 0) is 12.5 Å². The van der Waals surface area contributed by atoms with E-state index in [1.807, 2.05) is 0 Å². The lowest BCUT2D eigenvalue weighted by Gasteiger charge is -2.14. The molecule has 0 bridgehead atoms. The zero-order chi connectivity index (χ0) is 13.2. The van der Waals surface area contributed by atoms with Gasteiger partial charge in [-0.3, -0.25) is 4.79 Å². The van der Waals surface area contributed by atoms with Crippen LogP contribution in [-0.2, 0) is 4.79 Å². The van der Waals surface area contributed by atoms with Gasteiger partial charge < -0.3 is 15.9 Å². The molecule has 4 N–H and O–H groups in total. The number of hydrogen-bond acceptors (Lipinski definition) is 3. The minimum absolute atomic E-state index is 0.139. The zero-order valence-corrected chi connectivity index (χ0v) is 9.34. The number of carboxylic acid groups (broad SMARTS) is 1. The van der Waals surface area contributed by atoms with Crippen molar-refractivity contribution in [2.75, 3.05) is 0 Å².